The molecule has 3 heteroatoms. The largest absolute Gasteiger partial charge is 0.463 e. The number of hydrogen-bond donors (Lipinski definition) is 1. The predicted molar refractivity (Wildman–Crippen MR) is 102 cm³/mol. The van der Waals surface area contributed by atoms with Crippen molar-refractivity contribution in [2.45, 2.75) is 97.7 Å². The van der Waals surface area contributed by atoms with E-state index in [9.17, 15) is 9.90 Å². The highest BCUT2D eigenvalue weighted by Gasteiger charge is 2.65. The molecule has 0 aromatic rings. The lowest BCUT2D eigenvalue weighted by Crippen LogP contribution is -2.64. The first-order chi connectivity index (χ1) is 12.1. The SMILES string of the molecule is CC(=O)O[C@H]1CC[C@@]2(C)[C@@H](CC[C@@H]3[C@@H]2CC[C@]2(C)[C@@H](C(C)(C)O)C[C@@H]32)C1. The standard InChI is InChI=1S/C23H38O3/c1-14(24)26-16-8-10-22(4)15(12-16)6-7-17-18(22)9-11-23(5)19(17)13-20(23)21(2,3)25/h15-20,25H,6-13H2,1-5H3/t15-,16-,17+,18-,19-,20+,22-,23-/m0/s1. The molecule has 8 atom stereocenters. The fraction of sp³-hybridized carbons (Fsp3) is 0.957. The summed E-state index contributed by atoms with van der Waals surface area (Å²) < 4.78 is 5.57. The van der Waals surface area contributed by atoms with Crippen LogP contribution in [0.1, 0.15) is 86.0 Å². The van der Waals surface area contributed by atoms with Gasteiger partial charge in [-0.2, -0.15) is 0 Å². The van der Waals surface area contributed by atoms with Crippen LogP contribution in [0.5, 0.6) is 0 Å². The average molecular weight is 363 g/mol. The number of carbonyl (C=O) groups excluding carboxylic acids is 1. The Labute approximate surface area is 159 Å². The summed E-state index contributed by atoms with van der Waals surface area (Å²) in [5.41, 5.74) is 0.236. The number of aliphatic hydroxyl groups is 1. The van der Waals surface area contributed by atoms with E-state index < -0.39 is 5.60 Å². The summed E-state index contributed by atoms with van der Waals surface area (Å²) >= 11 is 0. The summed E-state index contributed by atoms with van der Waals surface area (Å²) in [4.78, 5) is 11.4. The molecule has 148 valence electrons. The Hall–Kier alpha value is -0.570. The van der Waals surface area contributed by atoms with Gasteiger partial charge in [-0.15, -0.1) is 0 Å². The lowest BCUT2D eigenvalue weighted by atomic mass is 9.36. The summed E-state index contributed by atoms with van der Waals surface area (Å²) in [6.07, 6.45) is 9.97. The van der Waals surface area contributed by atoms with Crippen LogP contribution in [-0.4, -0.2) is 22.8 Å². The maximum absolute atomic E-state index is 11.4. The Morgan fingerprint density at radius 1 is 1.00 bits per heavy atom. The summed E-state index contributed by atoms with van der Waals surface area (Å²) in [7, 11) is 0. The molecule has 0 unspecified atom stereocenters. The normalized spacial score (nSPS) is 50.7. The van der Waals surface area contributed by atoms with Crippen molar-refractivity contribution < 1.29 is 14.6 Å². The van der Waals surface area contributed by atoms with Gasteiger partial charge in [-0.05, 0) is 106 Å². The van der Waals surface area contributed by atoms with E-state index >= 15 is 0 Å². The topological polar surface area (TPSA) is 46.5 Å². The number of ether oxygens (including phenoxy) is 1. The molecule has 0 aromatic heterocycles. The van der Waals surface area contributed by atoms with Crippen molar-refractivity contribution in [1.29, 1.82) is 0 Å². The van der Waals surface area contributed by atoms with Crippen LogP contribution in [0.2, 0.25) is 0 Å². The van der Waals surface area contributed by atoms with Crippen LogP contribution in [0.4, 0.5) is 0 Å². The van der Waals surface area contributed by atoms with Crippen LogP contribution in [0, 0.1) is 40.4 Å². The smallest absolute Gasteiger partial charge is 0.302 e. The van der Waals surface area contributed by atoms with Crippen molar-refractivity contribution >= 4 is 5.97 Å². The van der Waals surface area contributed by atoms with Gasteiger partial charge in [0, 0.05) is 6.92 Å². The van der Waals surface area contributed by atoms with Crippen molar-refractivity contribution in [2.75, 3.05) is 0 Å². The molecule has 4 saturated carbocycles. The van der Waals surface area contributed by atoms with Gasteiger partial charge in [-0.1, -0.05) is 13.8 Å². The molecule has 0 spiro atoms. The molecule has 1 N–H and O–H groups in total. The minimum Gasteiger partial charge on any atom is -0.463 e. The van der Waals surface area contributed by atoms with Crippen molar-refractivity contribution in [3.05, 3.63) is 0 Å². The lowest BCUT2D eigenvalue weighted by Gasteiger charge is -2.69. The minimum atomic E-state index is -0.540. The second-order valence-corrected chi connectivity index (χ2v) is 11.1. The van der Waals surface area contributed by atoms with E-state index in [0.717, 1.165) is 36.5 Å². The Morgan fingerprint density at radius 3 is 2.35 bits per heavy atom. The van der Waals surface area contributed by atoms with Crippen molar-refractivity contribution in [1.82, 2.24) is 0 Å². The van der Waals surface area contributed by atoms with Gasteiger partial charge in [0.15, 0.2) is 0 Å². The monoisotopic (exact) mass is 362 g/mol. The molecule has 0 amide bonds. The van der Waals surface area contributed by atoms with Gasteiger partial charge < -0.3 is 9.84 Å². The number of hydrogen-bond acceptors (Lipinski definition) is 3. The molecular weight excluding hydrogens is 324 g/mol. The highest BCUT2D eigenvalue weighted by Crippen LogP contribution is 2.71. The van der Waals surface area contributed by atoms with Crippen molar-refractivity contribution in [2.24, 2.45) is 40.4 Å². The summed E-state index contributed by atoms with van der Waals surface area (Å²) in [5, 5.41) is 10.6. The third-order valence-electron chi connectivity index (χ3n) is 9.53. The molecule has 0 bridgehead atoms. The van der Waals surface area contributed by atoms with Gasteiger partial charge in [0.2, 0.25) is 0 Å². The highest BCUT2D eigenvalue weighted by atomic mass is 16.5. The third-order valence-corrected chi connectivity index (χ3v) is 9.53. The third kappa shape index (κ3) is 2.67. The molecule has 4 aliphatic rings. The molecular formula is C23H38O3. The maximum atomic E-state index is 11.4. The summed E-state index contributed by atoms with van der Waals surface area (Å²) in [6, 6.07) is 0. The van der Waals surface area contributed by atoms with Gasteiger partial charge in [-0.25, -0.2) is 0 Å². The van der Waals surface area contributed by atoms with E-state index in [1.54, 1.807) is 6.92 Å². The number of carbonyl (C=O) groups is 1. The maximum Gasteiger partial charge on any atom is 0.302 e. The van der Waals surface area contributed by atoms with Crippen molar-refractivity contribution in [3.63, 3.8) is 0 Å². The van der Waals surface area contributed by atoms with Crippen LogP contribution in [0.25, 0.3) is 0 Å². The fourth-order valence-corrected chi connectivity index (χ4v) is 8.24. The van der Waals surface area contributed by atoms with Crippen LogP contribution < -0.4 is 0 Å². The Bertz CT molecular complexity index is 578. The van der Waals surface area contributed by atoms with Crippen LogP contribution in [0.3, 0.4) is 0 Å². The van der Waals surface area contributed by atoms with E-state index in [0.29, 0.717) is 16.7 Å². The van der Waals surface area contributed by atoms with E-state index in [2.05, 4.69) is 13.8 Å². The number of esters is 1. The van der Waals surface area contributed by atoms with Gasteiger partial charge in [-0.3, -0.25) is 4.79 Å². The Morgan fingerprint density at radius 2 is 1.69 bits per heavy atom. The molecule has 0 aromatic carbocycles. The molecule has 26 heavy (non-hydrogen) atoms. The van der Waals surface area contributed by atoms with E-state index in [-0.39, 0.29) is 12.1 Å². The van der Waals surface area contributed by atoms with Gasteiger partial charge in [0.25, 0.3) is 0 Å². The molecule has 0 saturated heterocycles. The van der Waals surface area contributed by atoms with Crippen LogP contribution in [-0.2, 0) is 9.53 Å². The minimum absolute atomic E-state index is 0.118. The quantitative estimate of drug-likeness (QED) is 0.706. The average Bonchev–Trinajstić information content (AvgIpc) is 2.50. The zero-order valence-electron chi connectivity index (χ0n) is 17.4. The Balaban J connectivity index is 1.50. The molecule has 0 aliphatic heterocycles. The second-order valence-electron chi connectivity index (χ2n) is 11.1. The number of rotatable bonds is 2. The van der Waals surface area contributed by atoms with Crippen molar-refractivity contribution in [3.8, 4) is 0 Å². The van der Waals surface area contributed by atoms with Gasteiger partial charge in [0.1, 0.15) is 6.10 Å². The van der Waals surface area contributed by atoms with E-state index in [4.69, 9.17) is 4.74 Å². The molecule has 4 aliphatic carbocycles. The first-order valence-electron chi connectivity index (χ1n) is 11.0. The van der Waals surface area contributed by atoms with Gasteiger partial charge >= 0.3 is 5.97 Å². The summed E-state index contributed by atoms with van der Waals surface area (Å²) in [6.45, 7) is 10.6. The van der Waals surface area contributed by atoms with Crippen LogP contribution >= 0.6 is 0 Å². The fourth-order valence-electron chi connectivity index (χ4n) is 8.24. The zero-order chi connectivity index (χ0) is 18.9. The first kappa shape index (κ1) is 18.8. The molecule has 3 nitrogen and oxygen atoms in total. The highest BCUT2D eigenvalue weighted by molar-refractivity contribution is 5.66. The molecule has 4 fully saturated rings. The van der Waals surface area contributed by atoms with Crippen LogP contribution in [0.15, 0.2) is 0 Å². The summed E-state index contributed by atoms with van der Waals surface area (Å²) in [5.74, 6) is 3.55. The predicted octanol–water partition coefficient (Wildman–Crippen LogP) is 4.96. The van der Waals surface area contributed by atoms with E-state index in [1.165, 1.54) is 38.5 Å². The first-order valence-corrected chi connectivity index (χ1v) is 11.0. The number of fused-ring (bicyclic) bond motifs is 5. The second kappa shape index (κ2) is 5.96. The zero-order valence-corrected chi connectivity index (χ0v) is 17.4. The van der Waals surface area contributed by atoms with E-state index in [1.807, 2.05) is 13.8 Å². The lowest BCUT2D eigenvalue weighted by molar-refractivity contribution is -0.226. The molecule has 0 radical (unpaired) electrons. The molecule has 4 rings (SSSR count). The van der Waals surface area contributed by atoms with Gasteiger partial charge in [0.05, 0.1) is 5.60 Å². The molecule has 0 heterocycles. The Kier molecular flexibility index (Phi) is 4.31.